The highest BCUT2D eigenvalue weighted by molar-refractivity contribution is 6.30. The largest absolute Gasteiger partial charge is 0.492 e. The lowest BCUT2D eigenvalue weighted by Gasteiger charge is -2.15. The number of nitrogens with zero attached hydrogens (tertiary/aromatic N) is 4. The molecule has 0 aliphatic carbocycles. The summed E-state index contributed by atoms with van der Waals surface area (Å²) in [5, 5.41) is 11.1. The van der Waals surface area contributed by atoms with Crippen molar-refractivity contribution in [3.05, 3.63) is 58.2 Å². The fourth-order valence-electron chi connectivity index (χ4n) is 2.86. The number of rotatable bonds is 4. The molecule has 0 radical (unpaired) electrons. The van der Waals surface area contributed by atoms with Crippen molar-refractivity contribution in [1.29, 1.82) is 0 Å². The van der Waals surface area contributed by atoms with Gasteiger partial charge in [0.2, 0.25) is 0 Å². The van der Waals surface area contributed by atoms with Crippen LogP contribution in [-0.2, 0) is 7.05 Å². The van der Waals surface area contributed by atoms with Crippen LogP contribution in [0.15, 0.2) is 47.5 Å². The monoisotopic (exact) mass is 370 g/mol. The van der Waals surface area contributed by atoms with Gasteiger partial charge in [0, 0.05) is 19.4 Å². The number of para-hydroxylation sites is 1. The minimum absolute atomic E-state index is 0.200. The number of aromatic amines is 1. The van der Waals surface area contributed by atoms with Gasteiger partial charge in [-0.05, 0) is 24.3 Å². The summed E-state index contributed by atoms with van der Waals surface area (Å²) in [7, 11) is 3.21. The molecule has 0 amide bonds. The van der Waals surface area contributed by atoms with Gasteiger partial charge in [0.1, 0.15) is 16.2 Å². The second kappa shape index (κ2) is 6.23. The Morgan fingerprint density at radius 1 is 1.27 bits per heavy atom. The molecule has 0 saturated carbocycles. The van der Waals surface area contributed by atoms with Crippen molar-refractivity contribution in [2.45, 2.75) is 0 Å². The number of hydrogen-bond acceptors (Lipinski definition) is 5. The van der Waals surface area contributed by atoms with E-state index in [2.05, 4.69) is 20.5 Å². The van der Waals surface area contributed by atoms with Gasteiger partial charge in [-0.15, -0.1) is 0 Å². The van der Waals surface area contributed by atoms with Gasteiger partial charge in [-0.1, -0.05) is 17.7 Å². The lowest BCUT2D eigenvalue weighted by molar-refractivity contribution is 0.414. The van der Waals surface area contributed by atoms with Crippen LogP contribution in [0.3, 0.4) is 0 Å². The van der Waals surface area contributed by atoms with Crippen LogP contribution in [0.2, 0.25) is 5.15 Å². The first-order chi connectivity index (χ1) is 12.6. The number of fused-ring (bicyclic) bond motifs is 1. The SMILES string of the molecule is COc1c(Nc2cc(Cl)nc3[nH]n(C)c(=O)c23)cccc1-n1cccn1. The highest BCUT2D eigenvalue weighted by Gasteiger charge is 2.16. The van der Waals surface area contributed by atoms with Crippen LogP contribution in [0.4, 0.5) is 11.4 Å². The molecule has 132 valence electrons. The lowest BCUT2D eigenvalue weighted by atomic mass is 10.2. The van der Waals surface area contributed by atoms with Crippen molar-refractivity contribution in [3.63, 3.8) is 0 Å². The van der Waals surface area contributed by atoms with E-state index in [0.29, 0.717) is 28.2 Å². The fourth-order valence-corrected chi connectivity index (χ4v) is 3.06. The number of benzene rings is 1. The fraction of sp³-hybridized carbons (Fsp3) is 0.118. The van der Waals surface area contributed by atoms with Crippen molar-refractivity contribution in [1.82, 2.24) is 24.5 Å². The van der Waals surface area contributed by atoms with Crippen molar-refractivity contribution in [2.75, 3.05) is 12.4 Å². The Bertz CT molecular complexity index is 1150. The molecule has 0 saturated heterocycles. The van der Waals surface area contributed by atoms with Crippen LogP contribution in [0, 0.1) is 0 Å². The van der Waals surface area contributed by atoms with Gasteiger partial charge in [-0.25, -0.2) is 9.67 Å². The van der Waals surface area contributed by atoms with Crippen LogP contribution in [0.1, 0.15) is 0 Å². The van der Waals surface area contributed by atoms with E-state index in [9.17, 15) is 4.79 Å². The molecule has 0 aliphatic heterocycles. The number of ether oxygens (including phenoxy) is 1. The molecule has 4 rings (SSSR count). The summed E-state index contributed by atoms with van der Waals surface area (Å²) >= 11 is 6.11. The first kappa shape index (κ1) is 16.2. The molecule has 4 aromatic rings. The van der Waals surface area contributed by atoms with E-state index in [1.165, 1.54) is 4.68 Å². The summed E-state index contributed by atoms with van der Waals surface area (Å²) in [5.41, 5.74) is 2.19. The van der Waals surface area contributed by atoms with Gasteiger partial charge >= 0.3 is 0 Å². The maximum Gasteiger partial charge on any atom is 0.277 e. The van der Waals surface area contributed by atoms with E-state index in [4.69, 9.17) is 16.3 Å². The zero-order valence-electron chi connectivity index (χ0n) is 14.0. The molecule has 8 nitrogen and oxygen atoms in total. The Balaban J connectivity index is 1.88. The van der Waals surface area contributed by atoms with Crippen LogP contribution in [0.5, 0.6) is 5.75 Å². The summed E-state index contributed by atoms with van der Waals surface area (Å²) in [6.07, 6.45) is 3.51. The number of nitrogens with one attached hydrogen (secondary N) is 2. The molecule has 1 aromatic carbocycles. The van der Waals surface area contributed by atoms with E-state index >= 15 is 0 Å². The number of pyridine rings is 1. The number of hydrogen-bond donors (Lipinski definition) is 2. The minimum atomic E-state index is -0.200. The number of halogens is 1. The molecule has 0 aliphatic rings. The van der Waals surface area contributed by atoms with E-state index in [0.717, 1.165) is 5.69 Å². The number of methoxy groups -OCH3 is 1. The predicted octanol–water partition coefficient (Wildman–Crippen LogP) is 2.85. The van der Waals surface area contributed by atoms with Crippen molar-refractivity contribution in [3.8, 4) is 11.4 Å². The van der Waals surface area contributed by atoms with Crippen LogP contribution < -0.4 is 15.6 Å². The molecule has 0 bridgehead atoms. The normalized spacial score (nSPS) is 11.0. The van der Waals surface area contributed by atoms with E-state index in [1.807, 2.05) is 30.5 Å². The van der Waals surface area contributed by atoms with Crippen molar-refractivity contribution in [2.24, 2.45) is 7.05 Å². The van der Waals surface area contributed by atoms with E-state index in [1.54, 1.807) is 31.1 Å². The summed E-state index contributed by atoms with van der Waals surface area (Å²) in [6.45, 7) is 0. The second-order valence-corrected chi connectivity index (χ2v) is 6.01. The standard InChI is InChI=1S/C17H15ClN6O2/c1-23-17(25)14-11(9-13(18)21-16(14)22-23)20-10-5-3-6-12(15(10)26-2)24-8-4-7-19-24/h3-9H,1-2H3,(H2,20,21,22). The zero-order chi connectivity index (χ0) is 18.3. The average Bonchev–Trinajstić information content (AvgIpc) is 3.23. The summed E-state index contributed by atoms with van der Waals surface area (Å²) < 4.78 is 8.65. The maximum atomic E-state index is 12.4. The molecule has 9 heteroatoms. The van der Waals surface area contributed by atoms with Crippen LogP contribution >= 0.6 is 11.6 Å². The van der Waals surface area contributed by atoms with Gasteiger partial charge < -0.3 is 10.1 Å². The Labute approximate surface area is 153 Å². The molecule has 0 spiro atoms. The molecular formula is C17H15ClN6O2. The third kappa shape index (κ3) is 2.60. The van der Waals surface area contributed by atoms with Gasteiger partial charge in [-0.2, -0.15) is 5.10 Å². The second-order valence-electron chi connectivity index (χ2n) is 5.63. The highest BCUT2D eigenvalue weighted by Crippen LogP contribution is 2.35. The first-order valence-corrected chi connectivity index (χ1v) is 8.15. The third-order valence-electron chi connectivity index (χ3n) is 4.00. The number of H-pyrrole nitrogens is 1. The highest BCUT2D eigenvalue weighted by atomic mass is 35.5. The molecule has 3 heterocycles. The van der Waals surface area contributed by atoms with E-state index in [-0.39, 0.29) is 10.7 Å². The molecule has 0 fully saturated rings. The lowest BCUT2D eigenvalue weighted by Crippen LogP contribution is -2.12. The summed E-state index contributed by atoms with van der Waals surface area (Å²) in [5.74, 6) is 0.588. The average molecular weight is 371 g/mol. The molecule has 3 aromatic heterocycles. The minimum Gasteiger partial charge on any atom is -0.492 e. The number of anilines is 2. The topological polar surface area (TPSA) is 89.8 Å². The zero-order valence-corrected chi connectivity index (χ0v) is 14.8. The Hall–Kier alpha value is -3.26. The molecule has 26 heavy (non-hydrogen) atoms. The molecule has 0 unspecified atom stereocenters. The Morgan fingerprint density at radius 2 is 2.12 bits per heavy atom. The number of aryl methyl sites for hydroxylation is 1. The smallest absolute Gasteiger partial charge is 0.277 e. The molecule has 2 N–H and O–H groups in total. The third-order valence-corrected chi connectivity index (χ3v) is 4.19. The van der Waals surface area contributed by atoms with Crippen LogP contribution in [-0.4, -0.2) is 31.7 Å². The van der Waals surface area contributed by atoms with Gasteiger partial charge in [0.05, 0.1) is 18.5 Å². The van der Waals surface area contributed by atoms with Gasteiger partial charge in [0.25, 0.3) is 5.56 Å². The maximum absolute atomic E-state index is 12.4. The van der Waals surface area contributed by atoms with Crippen molar-refractivity contribution < 1.29 is 4.74 Å². The number of aromatic nitrogens is 5. The Kier molecular flexibility index (Phi) is 3.89. The van der Waals surface area contributed by atoms with Gasteiger partial charge in [0.15, 0.2) is 11.4 Å². The Morgan fingerprint density at radius 3 is 2.85 bits per heavy atom. The first-order valence-electron chi connectivity index (χ1n) is 7.78. The molecular weight excluding hydrogens is 356 g/mol. The summed E-state index contributed by atoms with van der Waals surface area (Å²) in [6, 6.07) is 9.05. The van der Waals surface area contributed by atoms with E-state index < -0.39 is 0 Å². The predicted molar refractivity (Wildman–Crippen MR) is 99.7 cm³/mol. The molecule has 0 atom stereocenters. The van der Waals surface area contributed by atoms with Gasteiger partial charge in [-0.3, -0.25) is 14.6 Å². The van der Waals surface area contributed by atoms with Crippen molar-refractivity contribution >= 4 is 34.0 Å². The summed E-state index contributed by atoms with van der Waals surface area (Å²) in [4.78, 5) is 16.6. The van der Waals surface area contributed by atoms with Crippen LogP contribution in [0.25, 0.3) is 16.7 Å². The quantitative estimate of drug-likeness (QED) is 0.539.